The third-order valence-electron chi connectivity index (χ3n) is 5.34. The van der Waals surface area contributed by atoms with Crippen LogP contribution in [0.2, 0.25) is 0 Å². The van der Waals surface area contributed by atoms with Crippen molar-refractivity contribution in [2.45, 2.75) is 13.3 Å². The van der Waals surface area contributed by atoms with Gasteiger partial charge in [-0.1, -0.05) is 60.7 Å². The zero-order chi connectivity index (χ0) is 21.1. The second kappa shape index (κ2) is 8.29. The Morgan fingerprint density at radius 3 is 2.47 bits per heavy atom. The van der Waals surface area contributed by atoms with Crippen LogP contribution in [-0.2, 0) is 6.42 Å². The number of allylic oxidation sites excluding steroid dienone is 2. The number of nitrogens with zero attached hydrogens (tertiary/aromatic N) is 2. The Morgan fingerprint density at radius 2 is 1.70 bits per heavy atom. The number of carbonyl (C=O) groups excluding carboxylic acids is 1. The minimum Gasteiger partial charge on any atom is -0.354 e. The molecule has 0 fully saturated rings. The van der Waals surface area contributed by atoms with Crippen LogP contribution in [0.3, 0.4) is 0 Å². The second-order valence-electron chi connectivity index (χ2n) is 7.31. The van der Waals surface area contributed by atoms with Gasteiger partial charge in [-0.3, -0.25) is 4.79 Å². The Labute approximate surface area is 176 Å². The van der Waals surface area contributed by atoms with E-state index in [0.717, 1.165) is 39.1 Å². The van der Waals surface area contributed by atoms with E-state index in [9.17, 15) is 9.70 Å². The average Bonchev–Trinajstić information content (AvgIpc) is 3.07. The molecule has 0 heterocycles. The SMILES string of the molecule is C/C=C/N(C)/C(=C\c1cccc(N=O)c1)Cc1cccc2c1-c1ccccc1C2=O. The van der Waals surface area contributed by atoms with Crippen molar-refractivity contribution in [3.8, 4) is 11.1 Å². The number of likely N-dealkylation sites (N-methyl/N-ethyl adjacent to an activating group) is 1. The summed E-state index contributed by atoms with van der Waals surface area (Å²) < 4.78 is 0. The van der Waals surface area contributed by atoms with Gasteiger partial charge < -0.3 is 4.90 Å². The van der Waals surface area contributed by atoms with Gasteiger partial charge in [0.05, 0.1) is 0 Å². The maximum Gasteiger partial charge on any atom is 0.194 e. The minimum atomic E-state index is 0.0829. The Bertz CT molecular complexity index is 1190. The highest BCUT2D eigenvalue weighted by Gasteiger charge is 2.28. The van der Waals surface area contributed by atoms with Gasteiger partial charge in [-0.15, -0.1) is 4.91 Å². The third kappa shape index (κ3) is 3.60. The Balaban J connectivity index is 1.80. The lowest BCUT2D eigenvalue weighted by Gasteiger charge is -2.20. The van der Waals surface area contributed by atoms with Gasteiger partial charge in [0.2, 0.25) is 0 Å². The zero-order valence-corrected chi connectivity index (χ0v) is 17.0. The van der Waals surface area contributed by atoms with Crippen molar-refractivity contribution in [3.63, 3.8) is 0 Å². The van der Waals surface area contributed by atoms with Crippen LogP contribution >= 0.6 is 0 Å². The van der Waals surface area contributed by atoms with Crippen molar-refractivity contribution < 1.29 is 4.79 Å². The summed E-state index contributed by atoms with van der Waals surface area (Å²) in [6, 6.07) is 20.9. The summed E-state index contributed by atoms with van der Waals surface area (Å²) in [6.07, 6.45) is 6.67. The lowest BCUT2D eigenvalue weighted by atomic mass is 9.95. The van der Waals surface area contributed by atoms with Crippen molar-refractivity contribution in [2.75, 3.05) is 7.05 Å². The van der Waals surface area contributed by atoms with Gasteiger partial charge in [0.15, 0.2) is 5.78 Å². The summed E-state index contributed by atoms with van der Waals surface area (Å²) in [5.74, 6) is 0.0829. The number of nitroso groups, excluding NO2 is 1. The first-order chi connectivity index (χ1) is 14.6. The van der Waals surface area contributed by atoms with E-state index in [1.54, 1.807) is 12.1 Å². The maximum absolute atomic E-state index is 12.8. The molecule has 4 heteroatoms. The second-order valence-corrected chi connectivity index (χ2v) is 7.31. The fourth-order valence-corrected chi connectivity index (χ4v) is 3.95. The van der Waals surface area contributed by atoms with Crippen molar-refractivity contribution in [2.24, 2.45) is 5.18 Å². The minimum absolute atomic E-state index is 0.0829. The fraction of sp³-hybridized carbons (Fsp3) is 0.115. The highest BCUT2D eigenvalue weighted by atomic mass is 16.3. The molecule has 0 bridgehead atoms. The van der Waals surface area contributed by atoms with Gasteiger partial charge in [-0.05, 0) is 58.8 Å². The molecule has 0 saturated heterocycles. The van der Waals surface area contributed by atoms with E-state index in [4.69, 9.17) is 0 Å². The molecule has 0 amide bonds. The first kappa shape index (κ1) is 19.5. The third-order valence-corrected chi connectivity index (χ3v) is 5.34. The van der Waals surface area contributed by atoms with Gasteiger partial charge in [-0.25, -0.2) is 0 Å². The number of benzene rings is 3. The summed E-state index contributed by atoms with van der Waals surface area (Å²) in [6.45, 7) is 1.97. The van der Waals surface area contributed by atoms with Gasteiger partial charge in [0, 0.05) is 30.3 Å². The highest BCUT2D eigenvalue weighted by molar-refractivity contribution is 6.22. The predicted molar refractivity (Wildman–Crippen MR) is 121 cm³/mol. The Hall–Kier alpha value is -3.79. The van der Waals surface area contributed by atoms with Crippen LogP contribution in [0.25, 0.3) is 17.2 Å². The molecule has 1 aliphatic rings. The largest absolute Gasteiger partial charge is 0.354 e. The van der Waals surface area contributed by atoms with Gasteiger partial charge >= 0.3 is 0 Å². The van der Waals surface area contributed by atoms with Gasteiger partial charge in [-0.2, -0.15) is 0 Å². The normalized spacial score (nSPS) is 12.7. The van der Waals surface area contributed by atoms with E-state index < -0.39 is 0 Å². The molecule has 0 unspecified atom stereocenters. The van der Waals surface area contributed by atoms with Crippen LogP contribution in [0.5, 0.6) is 0 Å². The summed E-state index contributed by atoms with van der Waals surface area (Å²) in [7, 11) is 2.00. The summed E-state index contributed by atoms with van der Waals surface area (Å²) in [4.78, 5) is 25.8. The summed E-state index contributed by atoms with van der Waals surface area (Å²) >= 11 is 0. The molecule has 30 heavy (non-hydrogen) atoms. The van der Waals surface area contributed by atoms with E-state index in [0.29, 0.717) is 12.1 Å². The van der Waals surface area contributed by atoms with E-state index in [2.05, 4.69) is 22.2 Å². The molecule has 0 aliphatic heterocycles. The van der Waals surface area contributed by atoms with Crippen molar-refractivity contribution in [1.82, 2.24) is 4.90 Å². The molecule has 0 spiro atoms. The standard InChI is InChI=1S/C26H22N2O2/c1-3-14-28(2)21(16-18-8-6-10-20(15-18)27-30)17-19-9-7-13-24-25(19)22-11-4-5-12-23(22)26(24)29/h3-16H,17H2,1-2H3/b14-3+,21-16-. The van der Waals surface area contributed by atoms with Crippen molar-refractivity contribution in [1.29, 1.82) is 0 Å². The average molecular weight is 394 g/mol. The molecule has 3 aromatic carbocycles. The number of rotatable bonds is 6. The molecular formula is C26H22N2O2. The number of ketones is 1. The van der Waals surface area contributed by atoms with Gasteiger partial charge in [0.25, 0.3) is 0 Å². The van der Waals surface area contributed by atoms with E-state index in [-0.39, 0.29) is 5.78 Å². The Kier molecular flexibility index (Phi) is 5.40. The summed E-state index contributed by atoms with van der Waals surface area (Å²) in [5.41, 5.74) is 6.97. The molecule has 0 saturated carbocycles. The molecule has 0 radical (unpaired) electrons. The molecule has 148 valence electrons. The van der Waals surface area contributed by atoms with Crippen LogP contribution in [0.4, 0.5) is 5.69 Å². The quantitative estimate of drug-likeness (QED) is 0.358. The van der Waals surface area contributed by atoms with E-state index in [1.165, 1.54) is 0 Å². The van der Waals surface area contributed by atoms with Crippen LogP contribution < -0.4 is 0 Å². The lowest BCUT2D eigenvalue weighted by molar-refractivity contribution is 0.104. The number of hydrogen-bond acceptors (Lipinski definition) is 4. The predicted octanol–water partition coefficient (Wildman–Crippen LogP) is 6.34. The van der Waals surface area contributed by atoms with Gasteiger partial charge in [0.1, 0.15) is 5.69 Å². The molecular weight excluding hydrogens is 372 g/mol. The topological polar surface area (TPSA) is 49.7 Å². The molecule has 4 rings (SSSR count). The van der Waals surface area contributed by atoms with Crippen molar-refractivity contribution in [3.05, 3.63) is 112 Å². The lowest BCUT2D eigenvalue weighted by Crippen LogP contribution is -2.13. The van der Waals surface area contributed by atoms with Crippen LogP contribution in [0, 0.1) is 4.91 Å². The number of carbonyl (C=O) groups is 1. The number of fused-ring (bicyclic) bond motifs is 3. The Morgan fingerprint density at radius 1 is 0.967 bits per heavy atom. The molecule has 1 aliphatic carbocycles. The first-order valence-electron chi connectivity index (χ1n) is 9.88. The first-order valence-corrected chi connectivity index (χ1v) is 9.88. The number of hydrogen-bond donors (Lipinski definition) is 0. The van der Waals surface area contributed by atoms with Crippen LogP contribution in [0.1, 0.15) is 34.0 Å². The molecule has 0 N–H and O–H groups in total. The van der Waals surface area contributed by atoms with Crippen molar-refractivity contribution >= 4 is 17.5 Å². The smallest absolute Gasteiger partial charge is 0.194 e. The molecule has 3 aromatic rings. The van der Waals surface area contributed by atoms with Crippen LogP contribution in [-0.4, -0.2) is 17.7 Å². The molecule has 0 aromatic heterocycles. The fourth-order valence-electron chi connectivity index (χ4n) is 3.95. The monoisotopic (exact) mass is 394 g/mol. The maximum atomic E-state index is 12.8. The van der Waals surface area contributed by atoms with E-state index >= 15 is 0 Å². The highest BCUT2D eigenvalue weighted by Crippen LogP contribution is 2.39. The zero-order valence-electron chi connectivity index (χ0n) is 17.0. The molecule has 4 nitrogen and oxygen atoms in total. The van der Waals surface area contributed by atoms with Crippen LogP contribution in [0.15, 0.2) is 89.9 Å². The van der Waals surface area contributed by atoms with E-state index in [1.807, 2.05) is 74.8 Å². The molecule has 0 atom stereocenters. The summed E-state index contributed by atoms with van der Waals surface area (Å²) in [5, 5.41) is 3.04.